The Morgan fingerprint density at radius 2 is 2.00 bits per heavy atom. The minimum Gasteiger partial charge on any atom is -0.377 e. The number of thiazole rings is 1. The van der Waals surface area contributed by atoms with Crippen LogP contribution in [0.2, 0.25) is 0 Å². The Hall–Kier alpha value is -1.42. The number of aromatic nitrogens is 1. The summed E-state index contributed by atoms with van der Waals surface area (Å²) in [6, 6.07) is 4.86. The fourth-order valence-electron chi connectivity index (χ4n) is 2.00. The summed E-state index contributed by atoms with van der Waals surface area (Å²) in [5.41, 5.74) is 2.90. The van der Waals surface area contributed by atoms with E-state index in [0.29, 0.717) is 0 Å². The summed E-state index contributed by atoms with van der Waals surface area (Å²) in [6.07, 6.45) is 0. The third kappa shape index (κ3) is 2.70. The largest absolute Gasteiger partial charge is 0.377 e. The second kappa shape index (κ2) is 5.06. The van der Waals surface area contributed by atoms with Gasteiger partial charge in [0.05, 0.1) is 16.7 Å². The Morgan fingerprint density at radius 1 is 1.28 bits per heavy atom. The van der Waals surface area contributed by atoms with Gasteiger partial charge in [-0.25, -0.2) is 9.37 Å². The van der Waals surface area contributed by atoms with Crippen LogP contribution in [0.5, 0.6) is 0 Å². The fourth-order valence-corrected chi connectivity index (χ4v) is 2.91. The second-order valence-corrected chi connectivity index (χ2v) is 5.91. The van der Waals surface area contributed by atoms with Gasteiger partial charge in [-0.2, -0.15) is 0 Å². The van der Waals surface area contributed by atoms with E-state index >= 15 is 0 Å². The number of hydrogen-bond donors (Lipinski definition) is 1. The van der Waals surface area contributed by atoms with E-state index in [1.807, 2.05) is 20.8 Å². The van der Waals surface area contributed by atoms with Crippen molar-refractivity contribution < 1.29 is 4.39 Å². The van der Waals surface area contributed by atoms with Crippen LogP contribution >= 0.6 is 11.3 Å². The van der Waals surface area contributed by atoms with Gasteiger partial charge in [0.25, 0.3) is 0 Å². The Balaban J connectivity index is 2.23. The number of benzene rings is 1. The molecule has 0 saturated carbocycles. The van der Waals surface area contributed by atoms with Crippen LogP contribution in [0.25, 0.3) is 0 Å². The van der Waals surface area contributed by atoms with Crippen LogP contribution in [-0.2, 0) is 0 Å². The molecule has 1 aromatic heterocycles. The summed E-state index contributed by atoms with van der Waals surface area (Å²) < 4.78 is 13.2. The van der Waals surface area contributed by atoms with Crippen molar-refractivity contribution in [1.82, 2.24) is 4.98 Å². The molecule has 0 saturated heterocycles. The van der Waals surface area contributed by atoms with Gasteiger partial charge in [-0.3, -0.25) is 0 Å². The van der Waals surface area contributed by atoms with Crippen molar-refractivity contribution in [3.05, 3.63) is 45.2 Å². The van der Waals surface area contributed by atoms with Crippen molar-refractivity contribution in [2.45, 2.75) is 33.7 Å². The lowest BCUT2D eigenvalue weighted by Crippen LogP contribution is -2.09. The monoisotopic (exact) mass is 264 g/mol. The lowest BCUT2D eigenvalue weighted by atomic mass is 10.1. The van der Waals surface area contributed by atoms with E-state index in [0.717, 1.165) is 22.0 Å². The molecule has 0 fully saturated rings. The summed E-state index contributed by atoms with van der Waals surface area (Å²) in [6.45, 7) is 8.08. The molecule has 0 radical (unpaired) electrons. The highest BCUT2D eigenvalue weighted by Gasteiger charge is 2.13. The van der Waals surface area contributed by atoms with Crippen molar-refractivity contribution in [3.63, 3.8) is 0 Å². The van der Waals surface area contributed by atoms with Crippen LogP contribution in [0.4, 0.5) is 10.1 Å². The van der Waals surface area contributed by atoms with Gasteiger partial charge >= 0.3 is 0 Å². The molecule has 0 spiro atoms. The number of nitrogens with one attached hydrogen (secondary N) is 1. The van der Waals surface area contributed by atoms with E-state index in [4.69, 9.17) is 0 Å². The maximum atomic E-state index is 13.2. The molecule has 0 aliphatic heterocycles. The Bertz CT molecular complexity index is 563. The molecule has 0 aliphatic carbocycles. The predicted molar refractivity (Wildman–Crippen MR) is 74.8 cm³/mol. The second-order valence-electron chi connectivity index (χ2n) is 4.50. The van der Waals surface area contributed by atoms with E-state index < -0.39 is 0 Å². The average molecular weight is 264 g/mol. The summed E-state index contributed by atoms with van der Waals surface area (Å²) in [5.74, 6) is -0.221. The Labute approximate surface area is 111 Å². The highest BCUT2D eigenvalue weighted by molar-refractivity contribution is 7.11. The number of hydrogen-bond acceptors (Lipinski definition) is 3. The zero-order chi connectivity index (χ0) is 13.3. The fraction of sp³-hybridized carbons (Fsp3) is 0.357. The number of aryl methyl sites for hydroxylation is 3. The highest BCUT2D eigenvalue weighted by Crippen LogP contribution is 2.27. The van der Waals surface area contributed by atoms with Gasteiger partial charge in [-0.05, 0) is 45.4 Å². The normalized spacial score (nSPS) is 12.5. The lowest BCUT2D eigenvalue weighted by molar-refractivity contribution is 0.627. The molecule has 2 aromatic rings. The number of anilines is 1. The van der Waals surface area contributed by atoms with Crippen LogP contribution in [0, 0.1) is 26.6 Å². The zero-order valence-corrected chi connectivity index (χ0v) is 11.9. The van der Waals surface area contributed by atoms with Crippen LogP contribution in [0.1, 0.15) is 34.1 Å². The minimum absolute atomic E-state index is 0.0791. The average Bonchev–Trinajstić information content (AvgIpc) is 2.63. The van der Waals surface area contributed by atoms with E-state index in [1.165, 1.54) is 17.0 Å². The SMILES string of the molecule is Cc1nc(C(C)Nc2cc(F)ccc2C)c(C)s1. The van der Waals surface area contributed by atoms with Crippen LogP contribution in [0.15, 0.2) is 18.2 Å². The van der Waals surface area contributed by atoms with Crippen LogP contribution in [-0.4, -0.2) is 4.98 Å². The van der Waals surface area contributed by atoms with Crippen LogP contribution < -0.4 is 5.32 Å². The van der Waals surface area contributed by atoms with E-state index in [2.05, 4.69) is 17.2 Å². The van der Waals surface area contributed by atoms with Crippen molar-refractivity contribution in [1.29, 1.82) is 0 Å². The highest BCUT2D eigenvalue weighted by atomic mass is 32.1. The molecular formula is C14H17FN2S. The third-order valence-corrected chi connectivity index (χ3v) is 3.82. The summed E-state index contributed by atoms with van der Waals surface area (Å²) in [5, 5.41) is 4.39. The molecule has 1 unspecified atom stereocenters. The van der Waals surface area contributed by atoms with Gasteiger partial charge in [0.2, 0.25) is 0 Å². The molecule has 2 nitrogen and oxygen atoms in total. The number of rotatable bonds is 3. The van der Waals surface area contributed by atoms with Crippen LogP contribution in [0.3, 0.4) is 0 Å². The minimum atomic E-state index is -0.221. The van der Waals surface area contributed by atoms with E-state index in [1.54, 1.807) is 17.4 Å². The number of nitrogens with zero attached hydrogens (tertiary/aromatic N) is 1. The smallest absolute Gasteiger partial charge is 0.125 e. The Morgan fingerprint density at radius 3 is 2.61 bits per heavy atom. The van der Waals surface area contributed by atoms with Gasteiger partial charge in [0.15, 0.2) is 0 Å². The van der Waals surface area contributed by atoms with E-state index in [-0.39, 0.29) is 11.9 Å². The first kappa shape index (κ1) is 13.0. The molecule has 2 rings (SSSR count). The Kier molecular flexibility index (Phi) is 3.66. The summed E-state index contributed by atoms with van der Waals surface area (Å²) >= 11 is 1.69. The predicted octanol–water partition coefficient (Wildman–Crippen LogP) is 4.38. The molecule has 96 valence electrons. The van der Waals surface area contributed by atoms with Gasteiger partial charge < -0.3 is 5.32 Å². The zero-order valence-electron chi connectivity index (χ0n) is 11.0. The summed E-state index contributed by atoms with van der Waals surface area (Å²) in [7, 11) is 0. The van der Waals surface area contributed by atoms with Gasteiger partial charge in [-0.1, -0.05) is 6.07 Å². The lowest BCUT2D eigenvalue weighted by Gasteiger charge is -2.16. The molecule has 0 bridgehead atoms. The molecule has 1 N–H and O–H groups in total. The maximum Gasteiger partial charge on any atom is 0.125 e. The quantitative estimate of drug-likeness (QED) is 0.889. The van der Waals surface area contributed by atoms with Crippen molar-refractivity contribution in [2.75, 3.05) is 5.32 Å². The standard InChI is InChI=1S/C14H17FN2S/c1-8-5-6-12(15)7-13(8)16-9(2)14-10(3)18-11(4)17-14/h5-7,9,16H,1-4H3. The van der Waals surface area contributed by atoms with Gasteiger partial charge in [-0.15, -0.1) is 11.3 Å². The first-order valence-corrected chi connectivity index (χ1v) is 6.75. The van der Waals surface area contributed by atoms with Crippen molar-refractivity contribution in [2.24, 2.45) is 0 Å². The maximum absolute atomic E-state index is 13.2. The molecule has 1 heterocycles. The van der Waals surface area contributed by atoms with Gasteiger partial charge in [0.1, 0.15) is 5.82 Å². The molecule has 0 aliphatic rings. The third-order valence-electron chi connectivity index (χ3n) is 2.92. The summed E-state index contributed by atoms with van der Waals surface area (Å²) in [4.78, 5) is 5.73. The number of halogens is 1. The molecular weight excluding hydrogens is 247 g/mol. The first-order chi connectivity index (χ1) is 8.47. The first-order valence-electron chi connectivity index (χ1n) is 5.94. The molecule has 1 atom stereocenters. The van der Waals surface area contributed by atoms with Gasteiger partial charge in [0, 0.05) is 10.6 Å². The molecule has 1 aromatic carbocycles. The van der Waals surface area contributed by atoms with Crippen molar-refractivity contribution in [3.8, 4) is 0 Å². The topological polar surface area (TPSA) is 24.9 Å². The molecule has 4 heteroatoms. The molecule has 0 amide bonds. The molecule has 18 heavy (non-hydrogen) atoms. The van der Waals surface area contributed by atoms with E-state index in [9.17, 15) is 4.39 Å². The van der Waals surface area contributed by atoms with Crippen molar-refractivity contribution >= 4 is 17.0 Å².